The van der Waals surface area contributed by atoms with Gasteiger partial charge in [-0.05, 0) is 38.5 Å². The number of carboxylic acid groups (broad SMARTS) is 3. The minimum atomic E-state index is -0.902. The molecular weight excluding hydrogens is 619 g/mol. The quantitative estimate of drug-likeness (QED) is 0.184. The van der Waals surface area contributed by atoms with Crippen LogP contribution in [0.4, 0.5) is 0 Å². The number of hydrogen-bond acceptors (Lipinski definition) is 6. The van der Waals surface area contributed by atoms with Gasteiger partial charge in [0.1, 0.15) is 0 Å². The van der Waals surface area contributed by atoms with Gasteiger partial charge in [-0.25, -0.2) is 0 Å². The van der Waals surface area contributed by atoms with Gasteiger partial charge in [-0.3, -0.25) is 0 Å². The fourth-order valence-electron chi connectivity index (χ4n) is 3.82. The summed E-state index contributed by atoms with van der Waals surface area (Å²) in [6.07, 6.45) is 13.7. The van der Waals surface area contributed by atoms with Crippen molar-refractivity contribution in [1.29, 1.82) is 0 Å². The minimum absolute atomic E-state index is 0. The Balaban J connectivity index is -0.000000218. The van der Waals surface area contributed by atoms with E-state index in [-0.39, 0.29) is 38.2 Å². The summed E-state index contributed by atoms with van der Waals surface area (Å²) >= 11 is 0. The summed E-state index contributed by atoms with van der Waals surface area (Å²) < 4.78 is 0. The van der Waals surface area contributed by atoms with E-state index in [9.17, 15) is 29.7 Å². The van der Waals surface area contributed by atoms with E-state index in [4.69, 9.17) is 0 Å². The van der Waals surface area contributed by atoms with Crippen LogP contribution < -0.4 is 15.3 Å². The number of carbonyl (C=O) groups is 3. The molecule has 0 saturated heterocycles. The normalized spacial score (nSPS) is 15.2. The maximum absolute atomic E-state index is 10.8. The van der Waals surface area contributed by atoms with Crippen molar-refractivity contribution in [2.45, 2.75) is 159 Å². The van der Waals surface area contributed by atoms with Crippen LogP contribution in [-0.4, -0.2) is 17.9 Å². The molecule has 0 aromatic carbocycles. The van der Waals surface area contributed by atoms with Gasteiger partial charge in [0.15, 0.2) is 0 Å². The summed E-state index contributed by atoms with van der Waals surface area (Å²) in [5.74, 6) is -2.69. The van der Waals surface area contributed by atoms with Gasteiger partial charge in [-0.15, -0.1) is 0 Å². The summed E-state index contributed by atoms with van der Waals surface area (Å²) in [6.45, 7) is 17.5. The first-order chi connectivity index (χ1) is 16.7. The van der Waals surface area contributed by atoms with Crippen molar-refractivity contribution in [3.8, 4) is 0 Å². The van der Waals surface area contributed by atoms with Gasteiger partial charge in [0.05, 0.1) is 0 Å². The molecule has 0 aromatic heterocycles. The summed E-state index contributed by atoms with van der Waals surface area (Å²) in [5.41, 5.74) is -1.80. The number of aliphatic carboxylic acids is 3. The summed E-state index contributed by atoms with van der Waals surface area (Å²) in [5, 5.41) is 32.3. The molecule has 0 spiro atoms. The van der Waals surface area contributed by atoms with Crippen LogP contribution in [0.15, 0.2) is 0 Å². The first-order valence-electron chi connectivity index (χ1n) is 14.3. The molecule has 0 aliphatic rings. The second kappa shape index (κ2) is 24.7. The van der Waals surface area contributed by atoms with Crippen molar-refractivity contribution in [3.05, 3.63) is 0 Å². The standard InChI is InChI=1S/3C10H20O2.Dy/c2*1-4-6-7-8-10(3,5-2)9(11)12;1-4-6-8-10(3,7-5-2)9(11)12;/h3*4-8H2,1-3H3,(H,11,12);/q;;;+3/p-3. The maximum atomic E-state index is 10.8. The third kappa shape index (κ3) is 20.3. The topological polar surface area (TPSA) is 120 Å². The van der Waals surface area contributed by atoms with Crippen LogP contribution in [0.25, 0.3) is 0 Å². The molecule has 0 aliphatic carbocycles. The minimum Gasteiger partial charge on any atom is -0.550 e. The average Bonchev–Trinajstić information content (AvgIpc) is 2.83. The van der Waals surface area contributed by atoms with E-state index in [1.165, 1.54) is 0 Å². The Hall–Kier alpha value is -0.317. The molecule has 37 heavy (non-hydrogen) atoms. The zero-order valence-electron chi connectivity index (χ0n) is 25.4. The van der Waals surface area contributed by atoms with Crippen molar-refractivity contribution in [2.75, 3.05) is 0 Å². The zero-order valence-corrected chi connectivity index (χ0v) is 27.4. The number of carboxylic acids is 3. The van der Waals surface area contributed by atoms with Crippen LogP contribution in [0.3, 0.4) is 0 Å². The molecule has 0 heterocycles. The molecule has 3 atom stereocenters. The van der Waals surface area contributed by atoms with Crippen LogP contribution in [0.5, 0.6) is 0 Å². The first kappa shape index (κ1) is 43.7. The molecule has 0 aliphatic heterocycles. The van der Waals surface area contributed by atoms with E-state index in [0.29, 0.717) is 12.8 Å². The van der Waals surface area contributed by atoms with Crippen molar-refractivity contribution in [1.82, 2.24) is 0 Å². The Bertz CT molecular complexity index is 563. The Labute approximate surface area is 259 Å². The van der Waals surface area contributed by atoms with Gasteiger partial charge >= 0.3 is 38.2 Å². The number of rotatable bonds is 18. The fraction of sp³-hybridized carbons (Fsp3) is 0.900. The fourth-order valence-corrected chi connectivity index (χ4v) is 3.82. The van der Waals surface area contributed by atoms with E-state index < -0.39 is 34.2 Å². The smallest absolute Gasteiger partial charge is 0.550 e. The van der Waals surface area contributed by atoms with Gasteiger partial charge < -0.3 is 29.7 Å². The van der Waals surface area contributed by atoms with E-state index in [0.717, 1.165) is 83.5 Å². The van der Waals surface area contributed by atoms with Crippen LogP contribution in [0.2, 0.25) is 0 Å². The van der Waals surface area contributed by atoms with Crippen LogP contribution >= 0.6 is 0 Å². The SMILES string of the molecule is CCCCC(C)(CCC)C(=O)[O-].CCCCCC(C)(CC)C(=O)[O-].CCCCCC(C)(CC)C(=O)[O-].[Dy+3]. The van der Waals surface area contributed by atoms with Crippen LogP contribution in [-0.2, 0) is 14.4 Å². The number of hydrogen-bond donors (Lipinski definition) is 0. The maximum Gasteiger partial charge on any atom is 3.00 e. The van der Waals surface area contributed by atoms with Crippen molar-refractivity contribution >= 4 is 17.9 Å². The molecule has 7 heteroatoms. The van der Waals surface area contributed by atoms with Gasteiger partial charge in [0.2, 0.25) is 0 Å². The summed E-state index contributed by atoms with van der Waals surface area (Å²) in [6, 6.07) is 0. The molecule has 0 saturated carbocycles. The van der Waals surface area contributed by atoms with E-state index in [2.05, 4.69) is 20.8 Å². The molecule has 0 aromatic rings. The third-order valence-corrected chi connectivity index (χ3v) is 7.59. The molecule has 0 N–H and O–H groups in total. The third-order valence-electron chi connectivity index (χ3n) is 7.59. The molecule has 0 bridgehead atoms. The Morgan fingerprint density at radius 3 is 0.973 bits per heavy atom. The van der Waals surface area contributed by atoms with Crippen LogP contribution in [0, 0.1) is 54.4 Å². The van der Waals surface area contributed by atoms with Gasteiger partial charge in [-0.2, -0.15) is 0 Å². The second-order valence-corrected chi connectivity index (χ2v) is 11.0. The average molecular weight is 676 g/mol. The molecule has 223 valence electrons. The number of carbonyl (C=O) groups excluding carboxylic acids is 3. The van der Waals surface area contributed by atoms with Gasteiger partial charge in [0.25, 0.3) is 0 Å². The predicted molar refractivity (Wildman–Crippen MR) is 143 cm³/mol. The van der Waals surface area contributed by atoms with Crippen molar-refractivity contribution in [2.24, 2.45) is 16.2 Å². The summed E-state index contributed by atoms with van der Waals surface area (Å²) in [4.78, 5) is 32.3. The van der Waals surface area contributed by atoms with E-state index in [1.54, 1.807) is 20.8 Å². The Morgan fingerprint density at radius 2 is 0.757 bits per heavy atom. The van der Waals surface area contributed by atoms with Crippen molar-refractivity contribution in [3.63, 3.8) is 0 Å². The molecule has 0 fully saturated rings. The van der Waals surface area contributed by atoms with Crippen LogP contribution in [0.1, 0.15) is 159 Å². The Morgan fingerprint density at radius 1 is 0.459 bits per heavy atom. The Kier molecular flexibility index (Phi) is 29.2. The second-order valence-electron chi connectivity index (χ2n) is 11.0. The number of unbranched alkanes of at least 4 members (excludes halogenated alkanes) is 5. The molecule has 1 radical (unpaired) electrons. The van der Waals surface area contributed by atoms with E-state index in [1.807, 2.05) is 20.8 Å². The van der Waals surface area contributed by atoms with Gasteiger partial charge in [-0.1, -0.05) is 120 Å². The molecule has 0 rings (SSSR count). The first-order valence-corrected chi connectivity index (χ1v) is 14.3. The summed E-state index contributed by atoms with van der Waals surface area (Å²) in [7, 11) is 0. The molecular formula is C30H57DyO6. The molecule has 3 unspecified atom stereocenters. The molecule has 0 amide bonds. The van der Waals surface area contributed by atoms with Crippen molar-refractivity contribution < 1.29 is 67.9 Å². The molecule has 6 nitrogen and oxygen atoms in total. The van der Waals surface area contributed by atoms with E-state index >= 15 is 0 Å². The largest absolute Gasteiger partial charge is 3.00 e. The zero-order chi connectivity index (χ0) is 28.8. The van der Waals surface area contributed by atoms with Gasteiger partial charge in [0, 0.05) is 34.2 Å². The predicted octanol–water partition coefficient (Wildman–Crippen LogP) is 5.20. The monoisotopic (exact) mass is 677 g/mol.